The number of nitrogens with zero attached hydrogens (tertiary/aromatic N) is 1. The lowest BCUT2D eigenvalue weighted by atomic mass is 10.1. The Balaban J connectivity index is 3.04. The number of benzene rings is 1. The van der Waals surface area contributed by atoms with E-state index < -0.39 is 5.97 Å². The number of rotatable bonds is 6. The van der Waals surface area contributed by atoms with Gasteiger partial charge in [-0.25, -0.2) is 4.79 Å². The molecule has 0 unspecified atom stereocenters. The fourth-order valence-corrected chi connectivity index (χ4v) is 1.79. The third-order valence-electron chi connectivity index (χ3n) is 2.67. The van der Waals surface area contributed by atoms with Crippen molar-refractivity contribution in [3.05, 3.63) is 23.8 Å². The molecule has 18 heavy (non-hydrogen) atoms. The van der Waals surface area contributed by atoms with Gasteiger partial charge in [-0.15, -0.1) is 0 Å². The van der Waals surface area contributed by atoms with Crippen LogP contribution in [0.1, 0.15) is 23.7 Å². The van der Waals surface area contributed by atoms with Crippen LogP contribution in [0.15, 0.2) is 18.2 Å². The molecule has 1 rings (SSSR count). The summed E-state index contributed by atoms with van der Waals surface area (Å²) in [5.41, 5.74) is 7.36. The van der Waals surface area contributed by atoms with E-state index >= 15 is 0 Å². The molecule has 0 spiro atoms. The van der Waals surface area contributed by atoms with Gasteiger partial charge in [0.15, 0.2) is 0 Å². The molecule has 0 atom stereocenters. The zero-order valence-electron chi connectivity index (χ0n) is 10.8. The van der Waals surface area contributed by atoms with Gasteiger partial charge in [0.1, 0.15) is 0 Å². The molecule has 0 aliphatic carbocycles. The summed E-state index contributed by atoms with van der Waals surface area (Å²) in [6, 6.07) is 5.22. The number of hydrogen-bond acceptors (Lipinski definition) is 5. The molecule has 0 heterocycles. The normalized spacial score (nSPS) is 10.2. The van der Waals surface area contributed by atoms with Crippen molar-refractivity contribution < 1.29 is 14.6 Å². The van der Waals surface area contributed by atoms with E-state index in [4.69, 9.17) is 10.8 Å². The number of anilines is 2. The van der Waals surface area contributed by atoms with Crippen molar-refractivity contribution in [1.29, 1.82) is 0 Å². The van der Waals surface area contributed by atoms with Crippen LogP contribution in [0.3, 0.4) is 0 Å². The number of ether oxygens (including phenoxy) is 1. The van der Waals surface area contributed by atoms with Gasteiger partial charge in [-0.05, 0) is 24.6 Å². The van der Waals surface area contributed by atoms with E-state index in [0.29, 0.717) is 17.8 Å². The number of nitrogen functional groups attached to an aromatic ring is 1. The summed E-state index contributed by atoms with van der Waals surface area (Å²) in [7, 11) is 1.33. The van der Waals surface area contributed by atoms with E-state index in [1.807, 2.05) is 11.0 Å². The van der Waals surface area contributed by atoms with Gasteiger partial charge in [-0.2, -0.15) is 0 Å². The van der Waals surface area contributed by atoms with E-state index in [2.05, 4.69) is 11.7 Å². The Labute approximate surface area is 107 Å². The second-order valence-corrected chi connectivity index (χ2v) is 3.97. The smallest absolute Gasteiger partial charge is 0.340 e. The molecular formula is C13H20N2O3. The van der Waals surface area contributed by atoms with Gasteiger partial charge in [-0.3, -0.25) is 0 Å². The molecule has 0 aliphatic heterocycles. The maximum absolute atomic E-state index is 11.6. The maximum Gasteiger partial charge on any atom is 0.340 e. The Morgan fingerprint density at radius 3 is 2.72 bits per heavy atom. The maximum atomic E-state index is 11.6. The summed E-state index contributed by atoms with van der Waals surface area (Å²) >= 11 is 0. The highest BCUT2D eigenvalue weighted by atomic mass is 16.5. The largest absolute Gasteiger partial charge is 0.465 e. The first-order valence-electron chi connectivity index (χ1n) is 5.97. The average Bonchev–Trinajstić information content (AvgIpc) is 2.38. The van der Waals surface area contributed by atoms with Crippen molar-refractivity contribution in [1.82, 2.24) is 0 Å². The van der Waals surface area contributed by atoms with Crippen molar-refractivity contribution in [3.8, 4) is 0 Å². The van der Waals surface area contributed by atoms with Crippen molar-refractivity contribution in [2.75, 3.05) is 37.4 Å². The van der Waals surface area contributed by atoms with E-state index in [-0.39, 0.29) is 6.61 Å². The fourth-order valence-electron chi connectivity index (χ4n) is 1.79. The molecule has 0 aliphatic rings. The molecule has 1 aromatic carbocycles. The van der Waals surface area contributed by atoms with E-state index in [0.717, 1.165) is 18.7 Å². The van der Waals surface area contributed by atoms with Gasteiger partial charge in [-0.1, -0.05) is 6.92 Å². The van der Waals surface area contributed by atoms with Gasteiger partial charge in [0.2, 0.25) is 0 Å². The Morgan fingerprint density at radius 1 is 1.44 bits per heavy atom. The summed E-state index contributed by atoms with van der Waals surface area (Å²) in [6.45, 7) is 3.46. The molecule has 0 fully saturated rings. The molecule has 3 N–H and O–H groups in total. The Hall–Kier alpha value is -1.75. The third-order valence-corrected chi connectivity index (χ3v) is 2.67. The molecule has 0 aromatic heterocycles. The van der Waals surface area contributed by atoms with Crippen LogP contribution in [0, 0.1) is 0 Å². The zero-order valence-corrected chi connectivity index (χ0v) is 10.8. The highest BCUT2D eigenvalue weighted by Crippen LogP contribution is 2.22. The minimum absolute atomic E-state index is 0.0674. The lowest BCUT2D eigenvalue weighted by Crippen LogP contribution is -2.27. The number of esters is 1. The molecule has 0 saturated carbocycles. The molecule has 5 heteroatoms. The first kappa shape index (κ1) is 14.3. The first-order chi connectivity index (χ1) is 8.63. The number of methoxy groups -OCH3 is 1. The predicted octanol–water partition coefficient (Wildman–Crippen LogP) is 1.26. The molecule has 0 bridgehead atoms. The molecular weight excluding hydrogens is 232 g/mol. The SMILES string of the molecule is CCCN(CCO)c1ccc(N)c(C(=O)OC)c1. The second kappa shape index (κ2) is 6.86. The summed E-state index contributed by atoms with van der Waals surface area (Å²) in [5.74, 6) is -0.449. The number of aliphatic hydroxyl groups excluding tert-OH is 1. The van der Waals surface area contributed by atoms with Gasteiger partial charge in [0.05, 0.1) is 19.3 Å². The Bertz CT molecular complexity index is 401. The summed E-state index contributed by atoms with van der Waals surface area (Å²) in [4.78, 5) is 13.6. The van der Waals surface area contributed by atoms with Gasteiger partial charge in [0, 0.05) is 24.5 Å². The number of aliphatic hydroxyl groups is 1. The van der Waals surface area contributed by atoms with Crippen LogP contribution >= 0.6 is 0 Å². The van der Waals surface area contributed by atoms with Crippen LogP contribution in [-0.2, 0) is 4.74 Å². The minimum atomic E-state index is -0.449. The molecule has 1 aromatic rings. The van der Waals surface area contributed by atoms with Crippen LogP contribution in [0.2, 0.25) is 0 Å². The van der Waals surface area contributed by atoms with Gasteiger partial charge >= 0.3 is 5.97 Å². The Morgan fingerprint density at radius 2 is 2.17 bits per heavy atom. The van der Waals surface area contributed by atoms with E-state index in [1.165, 1.54) is 7.11 Å². The lowest BCUT2D eigenvalue weighted by Gasteiger charge is -2.24. The molecule has 0 radical (unpaired) electrons. The summed E-state index contributed by atoms with van der Waals surface area (Å²) in [5, 5.41) is 9.05. The summed E-state index contributed by atoms with van der Waals surface area (Å²) in [6.07, 6.45) is 0.956. The second-order valence-electron chi connectivity index (χ2n) is 3.97. The predicted molar refractivity (Wildman–Crippen MR) is 71.8 cm³/mol. The lowest BCUT2D eigenvalue weighted by molar-refractivity contribution is 0.0602. The van der Waals surface area contributed by atoms with Gasteiger partial charge < -0.3 is 20.5 Å². The van der Waals surface area contributed by atoms with E-state index in [9.17, 15) is 4.79 Å². The highest BCUT2D eigenvalue weighted by molar-refractivity contribution is 5.96. The third kappa shape index (κ3) is 3.37. The van der Waals surface area contributed by atoms with Crippen molar-refractivity contribution in [3.63, 3.8) is 0 Å². The Kier molecular flexibility index (Phi) is 5.45. The first-order valence-corrected chi connectivity index (χ1v) is 5.97. The van der Waals surface area contributed by atoms with Crippen molar-refractivity contribution in [2.45, 2.75) is 13.3 Å². The van der Waals surface area contributed by atoms with Crippen LogP contribution in [0.25, 0.3) is 0 Å². The summed E-state index contributed by atoms with van der Waals surface area (Å²) < 4.78 is 4.68. The van der Waals surface area contributed by atoms with Gasteiger partial charge in [0.25, 0.3) is 0 Å². The number of carbonyl (C=O) groups excluding carboxylic acids is 1. The van der Waals surface area contributed by atoms with Crippen molar-refractivity contribution >= 4 is 17.3 Å². The number of carbonyl (C=O) groups is 1. The molecule has 0 saturated heterocycles. The monoisotopic (exact) mass is 252 g/mol. The molecule has 5 nitrogen and oxygen atoms in total. The number of nitrogens with two attached hydrogens (primary N) is 1. The zero-order chi connectivity index (χ0) is 13.5. The average molecular weight is 252 g/mol. The van der Waals surface area contributed by atoms with Crippen LogP contribution in [0.4, 0.5) is 11.4 Å². The topological polar surface area (TPSA) is 75.8 Å². The molecule has 0 amide bonds. The van der Waals surface area contributed by atoms with E-state index in [1.54, 1.807) is 12.1 Å². The molecule has 100 valence electrons. The number of hydrogen-bond donors (Lipinski definition) is 2. The quantitative estimate of drug-likeness (QED) is 0.589. The fraction of sp³-hybridized carbons (Fsp3) is 0.462. The minimum Gasteiger partial charge on any atom is -0.465 e. The standard InChI is InChI=1S/C13H20N2O3/c1-3-6-15(7-8-16)10-4-5-12(14)11(9-10)13(17)18-2/h4-5,9,16H,3,6-8,14H2,1-2H3. The van der Waals surface area contributed by atoms with Crippen LogP contribution in [0.5, 0.6) is 0 Å². The van der Waals surface area contributed by atoms with Crippen LogP contribution < -0.4 is 10.6 Å². The van der Waals surface area contributed by atoms with Crippen LogP contribution in [-0.4, -0.2) is 37.9 Å². The van der Waals surface area contributed by atoms with Crippen molar-refractivity contribution in [2.24, 2.45) is 0 Å². The highest BCUT2D eigenvalue weighted by Gasteiger charge is 2.13.